The van der Waals surface area contributed by atoms with E-state index in [0.29, 0.717) is 24.9 Å². The number of esters is 1. The molecule has 7 nitrogen and oxygen atoms in total. The van der Waals surface area contributed by atoms with Crippen molar-refractivity contribution in [3.05, 3.63) is 47.0 Å². The maximum Gasteiger partial charge on any atom is 0.359 e. The maximum absolute atomic E-state index is 13.2. The van der Waals surface area contributed by atoms with Crippen molar-refractivity contribution in [2.45, 2.75) is 56.9 Å². The van der Waals surface area contributed by atoms with Crippen molar-refractivity contribution < 1.29 is 18.7 Å². The van der Waals surface area contributed by atoms with Gasteiger partial charge in [-0.05, 0) is 56.4 Å². The molecule has 1 fully saturated rings. The van der Waals surface area contributed by atoms with Gasteiger partial charge in [-0.1, -0.05) is 19.3 Å². The molecule has 4 rings (SSSR count). The minimum atomic E-state index is -0.868. The van der Waals surface area contributed by atoms with Crippen LogP contribution in [0.3, 0.4) is 0 Å². The van der Waals surface area contributed by atoms with Crippen LogP contribution >= 0.6 is 0 Å². The summed E-state index contributed by atoms with van der Waals surface area (Å²) in [7, 11) is 0. The predicted molar refractivity (Wildman–Crippen MR) is 105 cm³/mol. The van der Waals surface area contributed by atoms with Gasteiger partial charge in [-0.15, -0.1) is 0 Å². The number of amides is 1. The first-order valence-electron chi connectivity index (χ1n) is 10.3. The second-order valence-corrected chi connectivity index (χ2v) is 7.89. The number of hydrogen-bond acceptors (Lipinski definition) is 5. The summed E-state index contributed by atoms with van der Waals surface area (Å²) in [5.41, 5.74) is 1.70. The van der Waals surface area contributed by atoms with Gasteiger partial charge in [-0.3, -0.25) is 4.79 Å². The maximum atomic E-state index is 13.2. The lowest BCUT2D eigenvalue weighted by atomic mass is 9.83. The summed E-state index contributed by atoms with van der Waals surface area (Å²) in [6.07, 6.45) is 6.40. The van der Waals surface area contributed by atoms with E-state index in [4.69, 9.17) is 4.74 Å². The number of ether oxygens (including phenoxy) is 1. The van der Waals surface area contributed by atoms with E-state index < -0.39 is 24.0 Å². The zero-order valence-corrected chi connectivity index (χ0v) is 16.6. The van der Waals surface area contributed by atoms with Gasteiger partial charge >= 0.3 is 5.97 Å². The number of nitrogens with one attached hydrogen (secondary N) is 1. The largest absolute Gasteiger partial charge is 0.451 e. The molecular weight excluding hydrogens is 387 g/mol. The number of fused-ring (bicyclic) bond motifs is 1. The van der Waals surface area contributed by atoms with Crippen molar-refractivity contribution in [3.8, 4) is 11.8 Å². The second kappa shape index (κ2) is 8.27. The van der Waals surface area contributed by atoms with Crippen LogP contribution in [0.25, 0.3) is 5.69 Å². The highest BCUT2D eigenvalue weighted by molar-refractivity contribution is 5.91. The third kappa shape index (κ3) is 3.92. The average molecular weight is 410 g/mol. The van der Waals surface area contributed by atoms with Crippen LogP contribution in [0, 0.1) is 17.1 Å². The highest BCUT2D eigenvalue weighted by Crippen LogP contribution is 2.29. The Labute approximate surface area is 173 Å². The van der Waals surface area contributed by atoms with Crippen molar-refractivity contribution >= 4 is 11.9 Å². The number of nitrogens with zero attached hydrogens (tertiary/aromatic N) is 3. The monoisotopic (exact) mass is 410 g/mol. The van der Waals surface area contributed by atoms with Crippen LogP contribution in [0.5, 0.6) is 0 Å². The Morgan fingerprint density at radius 3 is 2.60 bits per heavy atom. The summed E-state index contributed by atoms with van der Waals surface area (Å²) in [6, 6.07) is 8.11. The van der Waals surface area contributed by atoms with Crippen LogP contribution in [0.2, 0.25) is 0 Å². The third-order valence-electron chi connectivity index (χ3n) is 5.83. The number of hydrogen-bond donors (Lipinski definition) is 1. The molecule has 156 valence electrons. The molecule has 0 spiro atoms. The Kier molecular flexibility index (Phi) is 5.53. The number of benzene rings is 1. The van der Waals surface area contributed by atoms with Gasteiger partial charge in [0.15, 0.2) is 12.3 Å². The molecule has 30 heavy (non-hydrogen) atoms. The highest BCUT2D eigenvalue weighted by atomic mass is 19.1. The molecule has 0 atom stereocenters. The molecule has 1 aromatic heterocycles. The molecule has 8 heteroatoms. The van der Waals surface area contributed by atoms with Gasteiger partial charge in [-0.25, -0.2) is 13.9 Å². The molecule has 2 aliphatic carbocycles. The zero-order valence-electron chi connectivity index (χ0n) is 16.6. The number of nitriles is 1. The smallest absolute Gasteiger partial charge is 0.359 e. The predicted octanol–water partition coefficient (Wildman–Crippen LogP) is 3.00. The topological polar surface area (TPSA) is 97.0 Å². The van der Waals surface area contributed by atoms with Gasteiger partial charge < -0.3 is 10.1 Å². The molecule has 0 saturated heterocycles. The van der Waals surface area contributed by atoms with E-state index in [1.165, 1.54) is 12.1 Å². The molecule has 0 bridgehead atoms. The Morgan fingerprint density at radius 2 is 1.90 bits per heavy atom. The Morgan fingerprint density at radius 1 is 1.17 bits per heavy atom. The van der Waals surface area contributed by atoms with Gasteiger partial charge in [0.25, 0.3) is 5.91 Å². The molecule has 1 saturated carbocycles. The van der Waals surface area contributed by atoms with Crippen LogP contribution < -0.4 is 5.32 Å². The lowest BCUT2D eigenvalue weighted by Crippen LogP contribution is -2.50. The lowest BCUT2D eigenvalue weighted by Gasteiger charge is -2.31. The van der Waals surface area contributed by atoms with Crippen LogP contribution in [0.1, 0.15) is 60.3 Å². The summed E-state index contributed by atoms with van der Waals surface area (Å²) in [4.78, 5) is 24.9. The van der Waals surface area contributed by atoms with E-state index in [0.717, 1.165) is 43.4 Å². The van der Waals surface area contributed by atoms with Crippen molar-refractivity contribution in [2.75, 3.05) is 6.61 Å². The van der Waals surface area contributed by atoms with Crippen LogP contribution in [-0.4, -0.2) is 33.8 Å². The summed E-state index contributed by atoms with van der Waals surface area (Å²) in [5, 5.41) is 16.6. The number of carbonyl (C=O) groups is 2. The molecule has 1 N–H and O–H groups in total. The standard InChI is InChI=1S/C22H23FN4O3/c23-15-7-9-16(10-8-15)27-18-6-4-5-17(18)20(26-27)21(29)30-13-19(28)25-22(14-24)11-2-1-3-12-22/h7-10H,1-6,11-13H2,(H,25,28). The Balaban J connectivity index is 1.45. The highest BCUT2D eigenvalue weighted by Gasteiger charge is 2.34. The summed E-state index contributed by atoms with van der Waals surface area (Å²) >= 11 is 0. The van der Waals surface area contributed by atoms with Gasteiger partial charge in [-0.2, -0.15) is 10.4 Å². The molecule has 0 unspecified atom stereocenters. The molecule has 0 radical (unpaired) electrons. The molecule has 2 aliphatic rings. The van der Waals surface area contributed by atoms with E-state index in [1.54, 1.807) is 16.8 Å². The fraction of sp³-hybridized carbons (Fsp3) is 0.455. The Hall–Kier alpha value is -3.21. The van der Waals surface area contributed by atoms with E-state index in [1.807, 2.05) is 0 Å². The van der Waals surface area contributed by atoms with Gasteiger partial charge in [0.1, 0.15) is 11.4 Å². The van der Waals surface area contributed by atoms with Crippen molar-refractivity contribution in [3.63, 3.8) is 0 Å². The number of carbonyl (C=O) groups excluding carboxylic acids is 2. The minimum Gasteiger partial charge on any atom is -0.451 e. The number of rotatable bonds is 5. The van der Waals surface area contributed by atoms with Crippen molar-refractivity contribution in [2.24, 2.45) is 0 Å². The molecule has 1 amide bonds. The first-order valence-corrected chi connectivity index (χ1v) is 10.3. The summed E-state index contributed by atoms with van der Waals surface area (Å²) < 4.78 is 20.1. The van der Waals surface area contributed by atoms with E-state index in [-0.39, 0.29) is 11.5 Å². The van der Waals surface area contributed by atoms with E-state index in [2.05, 4.69) is 16.5 Å². The lowest BCUT2D eigenvalue weighted by molar-refractivity contribution is -0.125. The third-order valence-corrected chi connectivity index (χ3v) is 5.83. The summed E-state index contributed by atoms with van der Waals surface area (Å²) in [5.74, 6) is -1.50. The molecule has 0 aliphatic heterocycles. The number of aromatic nitrogens is 2. The molecule has 1 heterocycles. The normalized spacial score (nSPS) is 17.1. The molecule has 1 aromatic carbocycles. The first kappa shape index (κ1) is 20.1. The van der Waals surface area contributed by atoms with Gasteiger partial charge in [0, 0.05) is 11.3 Å². The first-order chi connectivity index (χ1) is 14.5. The van der Waals surface area contributed by atoms with E-state index >= 15 is 0 Å². The number of halogens is 1. The minimum absolute atomic E-state index is 0.187. The van der Waals surface area contributed by atoms with Crippen LogP contribution in [-0.2, 0) is 22.4 Å². The quantitative estimate of drug-likeness (QED) is 0.765. The molecular formula is C22H23FN4O3. The average Bonchev–Trinajstić information content (AvgIpc) is 3.36. The Bertz CT molecular complexity index is 1000. The summed E-state index contributed by atoms with van der Waals surface area (Å²) in [6.45, 7) is -0.458. The van der Waals surface area contributed by atoms with Crippen LogP contribution in [0.4, 0.5) is 4.39 Å². The van der Waals surface area contributed by atoms with Gasteiger partial charge in [0.05, 0.1) is 11.8 Å². The van der Waals surface area contributed by atoms with Gasteiger partial charge in [0.2, 0.25) is 0 Å². The van der Waals surface area contributed by atoms with Crippen molar-refractivity contribution in [1.29, 1.82) is 5.26 Å². The zero-order chi connectivity index (χ0) is 21.1. The second-order valence-electron chi connectivity index (χ2n) is 7.89. The van der Waals surface area contributed by atoms with E-state index in [9.17, 15) is 19.2 Å². The fourth-order valence-electron chi connectivity index (χ4n) is 4.32. The fourth-order valence-corrected chi connectivity index (χ4v) is 4.32. The van der Waals surface area contributed by atoms with Crippen LogP contribution in [0.15, 0.2) is 24.3 Å². The SMILES string of the molecule is N#CC1(NC(=O)COC(=O)c2nn(-c3ccc(F)cc3)c3c2CCC3)CCCCC1. The molecule has 2 aromatic rings. The van der Waals surface area contributed by atoms with Crippen molar-refractivity contribution in [1.82, 2.24) is 15.1 Å².